The molecule has 1 aromatic carbocycles. The van der Waals surface area contributed by atoms with Gasteiger partial charge in [-0.25, -0.2) is 4.79 Å². The summed E-state index contributed by atoms with van der Waals surface area (Å²) in [6, 6.07) is 4.99. The van der Waals surface area contributed by atoms with Crippen molar-refractivity contribution in [3.8, 4) is 0 Å². The first-order valence-electron chi connectivity index (χ1n) is 6.64. The number of carbonyl (C=O) groups is 2. The van der Waals surface area contributed by atoms with Crippen LogP contribution in [0.5, 0.6) is 0 Å². The highest BCUT2D eigenvalue weighted by Crippen LogP contribution is 2.25. The molecule has 2 rings (SSSR count). The SMILES string of the molecule is CC(=O)NC1CN(C(=O)N[C@@H](C)c2ccc(Cl)c(Cl)c2)C1. The molecule has 3 amide bonds. The van der Waals surface area contributed by atoms with Gasteiger partial charge in [-0.15, -0.1) is 0 Å². The highest BCUT2D eigenvalue weighted by molar-refractivity contribution is 6.42. The zero-order valence-corrected chi connectivity index (χ0v) is 13.3. The Morgan fingerprint density at radius 3 is 2.52 bits per heavy atom. The normalized spacial score (nSPS) is 16.1. The Labute approximate surface area is 133 Å². The lowest BCUT2D eigenvalue weighted by atomic mass is 10.1. The quantitative estimate of drug-likeness (QED) is 0.895. The van der Waals surface area contributed by atoms with Crippen molar-refractivity contribution in [1.82, 2.24) is 15.5 Å². The van der Waals surface area contributed by atoms with Gasteiger partial charge in [-0.3, -0.25) is 4.79 Å². The molecule has 1 aliphatic rings. The summed E-state index contributed by atoms with van der Waals surface area (Å²) >= 11 is 11.8. The van der Waals surface area contributed by atoms with Gasteiger partial charge in [0.15, 0.2) is 0 Å². The number of hydrogen-bond donors (Lipinski definition) is 2. The van der Waals surface area contributed by atoms with Crippen LogP contribution in [0, 0.1) is 0 Å². The van der Waals surface area contributed by atoms with Crippen molar-refractivity contribution in [3.63, 3.8) is 0 Å². The molecule has 1 aliphatic heterocycles. The van der Waals surface area contributed by atoms with Crippen LogP contribution in [0.15, 0.2) is 18.2 Å². The summed E-state index contributed by atoms with van der Waals surface area (Å²) in [4.78, 5) is 24.6. The van der Waals surface area contributed by atoms with Gasteiger partial charge in [0.2, 0.25) is 5.91 Å². The Bertz CT molecular complexity index is 559. The zero-order chi connectivity index (χ0) is 15.6. The van der Waals surface area contributed by atoms with Gasteiger partial charge in [0, 0.05) is 20.0 Å². The van der Waals surface area contributed by atoms with E-state index in [4.69, 9.17) is 23.2 Å². The lowest BCUT2D eigenvalue weighted by Gasteiger charge is -2.39. The first-order chi connectivity index (χ1) is 9.86. The van der Waals surface area contributed by atoms with E-state index in [1.807, 2.05) is 13.0 Å². The minimum atomic E-state index is -0.174. The molecule has 0 spiro atoms. The number of urea groups is 1. The number of nitrogens with one attached hydrogen (secondary N) is 2. The first kappa shape index (κ1) is 15.9. The number of carbonyl (C=O) groups excluding carboxylic acids is 2. The van der Waals surface area contributed by atoms with Crippen molar-refractivity contribution in [2.45, 2.75) is 25.9 Å². The van der Waals surface area contributed by atoms with Gasteiger partial charge in [0.1, 0.15) is 0 Å². The van der Waals surface area contributed by atoms with E-state index in [9.17, 15) is 9.59 Å². The summed E-state index contributed by atoms with van der Waals surface area (Å²) < 4.78 is 0. The molecule has 0 bridgehead atoms. The third-order valence-corrected chi connectivity index (χ3v) is 4.10. The molecule has 21 heavy (non-hydrogen) atoms. The molecule has 1 heterocycles. The molecule has 1 aromatic rings. The van der Waals surface area contributed by atoms with Crippen molar-refractivity contribution < 1.29 is 9.59 Å². The molecule has 1 atom stereocenters. The van der Waals surface area contributed by atoms with Gasteiger partial charge in [0.05, 0.1) is 22.1 Å². The third-order valence-electron chi connectivity index (χ3n) is 3.36. The van der Waals surface area contributed by atoms with Gasteiger partial charge in [-0.05, 0) is 24.6 Å². The molecule has 1 fully saturated rings. The fourth-order valence-corrected chi connectivity index (χ4v) is 2.47. The number of halogens is 2. The average molecular weight is 330 g/mol. The molecule has 0 unspecified atom stereocenters. The van der Waals surface area contributed by atoms with Crippen LogP contribution in [-0.2, 0) is 4.79 Å². The van der Waals surface area contributed by atoms with Gasteiger partial charge >= 0.3 is 6.03 Å². The first-order valence-corrected chi connectivity index (χ1v) is 7.40. The number of likely N-dealkylation sites (tertiary alicyclic amines) is 1. The van der Waals surface area contributed by atoms with Gasteiger partial charge in [-0.1, -0.05) is 29.3 Å². The number of rotatable bonds is 3. The van der Waals surface area contributed by atoms with E-state index >= 15 is 0 Å². The summed E-state index contributed by atoms with van der Waals surface area (Å²) in [7, 11) is 0. The van der Waals surface area contributed by atoms with E-state index in [1.54, 1.807) is 17.0 Å². The predicted octanol–water partition coefficient (Wildman–Crippen LogP) is 2.58. The molecule has 114 valence electrons. The lowest BCUT2D eigenvalue weighted by molar-refractivity contribution is -0.120. The molecule has 0 saturated carbocycles. The van der Waals surface area contributed by atoms with E-state index in [0.717, 1.165) is 5.56 Å². The number of nitrogens with zero attached hydrogens (tertiary/aromatic N) is 1. The van der Waals surface area contributed by atoms with Crippen molar-refractivity contribution >= 4 is 35.1 Å². The van der Waals surface area contributed by atoms with Crippen molar-refractivity contribution in [2.24, 2.45) is 0 Å². The molecule has 7 heteroatoms. The Morgan fingerprint density at radius 1 is 1.29 bits per heavy atom. The van der Waals surface area contributed by atoms with Crippen LogP contribution in [0.4, 0.5) is 4.79 Å². The largest absolute Gasteiger partial charge is 0.350 e. The number of benzene rings is 1. The fourth-order valence-electron chi connectivity index (χ4n) is 2.16. The maximum Gasteiger partial charge on any atom is 0.318 e. The van der Waals surface area contributed by atoms with Gasteiger partial charge in [-0.2, -0.15) is 0 Å². The average Bonchev–Trinajstić information content (AvgIpc) is 2.36. The topological polar surface area (TPSA) is 61.4 Å². The molecule has 0 aromatic heterocycles. The van der Waals surface area contributed by atoms with Crippen LogP contribution in [0.2, 0.25) is 10.0 Å². The van der Waals surface area contributed by atoms with E-state index in [-0.39, 0.29) is 24.0 Å². The van der Waals surface area contributed by atoms with Crippen LogP contribution in [0.3, 0.4) is 0 Å². The van der Waals surface area contributed by atoms with Crippen LogP contribution >= 0.6 is 23.2 Å². The molecule has 1 saturated heterocycles. The predicted molar refractivity (Wildman–Crippen MR) is 82.6 cm³/mol. The summed E-state index contributed by atoms with van der Waals surface area (Å²) in [5, 5.41) is 6.61. The van der Waals surface area contributed by atoms with E-state index < -0.39 is 0 Å². The second-order valence-electron chi connectivity index (χ2n) is 5.15. The second kappa shape index (κ2) is 6.54. The summed E-state index contributed by atoms with van der Waals surface area (Å²) in [5.41, 5.74) is 0.886. The van der Waals surface area contributed by atoms with E-state index in [0.29, 0.717) is 23.1 Å². The minimum Gasteiger partial charge on any atom is -0.350 e. The molecule has 0 radical (unpaired) electrons. The third kappa shape index (κ3) is 4.02. The van der Waals surface area contributed by atoms with E-state index in [2.05, 4.69) is 10.6 Å². The highest BCUT2D eigenvalue weighted by atomic mass is 35.5. The van der Waals surface area contributed by atoms with Crippen LogP contribution in [-0.4, -0.2) is 36.0 Å². The maximum atomic E-state index is 12.0. The Kier molecular flexibility index (Phi) is 4.96. The van der Waals surface area contributed by atoms with Gasteiger partial charge < -0.3 is 15.5 Å². The summed E-state index contributed by atoms with van der Waals surface area (Å²) in [5.74, 6) is -0.0794. The van der Waals surface area contributed by atoms with Crippen LogP contribution in [0.1, 0.15) is 25.5 Å². The molecule has 2 N–H and O–H groups in total. The Hall–Kier alpha value is -1.46. The lowest BCUT2D eigenvalue weighted by Crippen LogP contribution is -2.62. The monoisotopic (exact) mass is 329 g/mol. The summed E-state index contributed by atoms with van der Waals surface area (Å²) in [6.07, 6.45) is 0. The Morgan fingerprint density at radius 2 is 1.95 bits per heavy atom. The zero-order valence-electron chi connectivity index (χ0n) is 11.8. The molecular formula is C14H17Cl2N3O2. The van der Waals surface area contributed by atoms with Crippen LogP contribution in [0.25, 0.3) is 0 Å². The fraction of sp³-hybridized carbons (Fsp3) is 0.429. The van der Waals surface area contributed by atoms with Crippen molar-refractivity contribution in [2.75, 3.05) is 13.1 Å². The van der Waals surface area contributed by atoms with E-state index in [1.165, 1.54) is 6.92 Å². The second-order valence-corrected chi connectivity index (χ2v) is 5.96. The summed E-state index contributed by atoms with van der Waals surface area (Å²) in [6.45, 7) is 4.40. The smallest absolute Gasteiger partial charge is 0.318 e. The maximum absolute atomic E-state index is 12.0. The molecular weight excluding hydrogens is 313 g/mol. The van der Waals surface area contributed by atoms with Crippen molar-refractivity contribution in [1.29, 1.82) is 0 Å². The number of hydrogen-bond acceptors (Lipinski definition) is 2. The minimum absolute atomic E-state index is 0.0496. The van der Waals surface area contributed by atoms with Gasteiger partial charge in [0.25, 0.3) is 0 Å². The standard InChI is InChI=1S/C14H17Cl2N3O2/c1-8(10-3-4-12(15)13(16)5-10)17-14(21)19-6-11(7-19)18-9(2)20/h3-5,8,11H,6-7H2,1-2H3,(H,17,21)(H,18,20)/t8-/m0/s1. The Balaban J connectivity index is 1.85. The van der Waals surface area contributed by atoms with Crippen molar-refractivity contribution in [3.05, 3.63) is 33.8 Å². The van der Waals surface area contributed by atoms with Crippen LogP contribution < -0.4 is 10.6 Å². The number of amides is 3. The highest BCUT2D eigenvalue weighted by Gasteiger charge is 2.31. The molecule has 5 nitrogen and oxygen atoms in total. The molecule has 0 aliphatic carbocycles.